The lowest BCUT2D eigenvalue weighted by Gasteiger charge is -2.14. The van der Waals surface area contributed by atoms with Gasteiger partial charge in [0, 0.05) is 59.4 Å². The van der Waals surface area contributed by atoms with E-state index in [1.165, 1.54) is 0 Å². The molecule has 0 spiro atoms. The molecule has 0 atom stereocenters. The van der Waals surface area contributed by atoms with E-state index in [2.05, 4.69) is 106 Å². The molecule has 3 heterocycles. The number of halogens is 1. The highest BCUT2D eigenvalue weighted by atomic mass is 19.1. The summed E-state index contributed by atoms with van der Waals surface area (Å²) < 4.78 is 13.4. The molecule has 7 aromatic rings. The summed E-state index contributed by atoms with van der Waals surface area (Å²) >= 11 is 0. The van der Waals surface area contributed by atoms with Crippen LogP contribution < -0.4 is 0 Å². The van der Waals surface area contributed by atoms with E-state index in [0.717, 1.165) is 66.8 Å². The molecular weight excluding hydrogens is 590 g/mol. The van der Waals surface area contributed by atoms with Gasteiger partial charge < -0.3 is 0 Å². The molecule has 0 aliphatic carbocycles. The van der Waals surface area contributed by atoms with E-state index in [1.54, 1.807) is 24.8 Å². The number of benzene rings is 4. The SMILES string of the molecule is CC.CC.FCc1cncc(-c2cccc(-c3cc(-c4cccc(-c5cccnc5)c4)cc(-c4cccc(-c5cccnc5)c4)c3)c2)c1. The second kappa shape index (κ2) is 16.7. The lowest BCUT2D eigenvalue weighted by Crippen LogP contribution is -1.89. The Morgan fingerprint density at radius 1 is 0.354 bits per heavy atom. The fourth-order valence-electron chi connectivity index (χ4n) is 5.55. The summed E-state index contributed by atoms with van der Waals surface area (Å²) in [6.07, 6.45) is 10.7. The summed E-state index contributed by atoms with van der Waals surface area (Å²) in [7, 11) is 0. The Bertz CT molecular complexity index is 1960. The molecule has 4 heteroatoms. The third kappa shape index (κ3) is 7.97. The van der Waals surface area contributed by atoms with Crippen LogP contribution in [0.3, 0.4) is 0 Å². The lowest BCUT2D eigenvalue weighted by molar-refractivity contribution is 0.484. The molecule has 0 saturated carbocycles. The van der Waals surface area contributed by atoms with Gasteiger partial charge in [0.2, 0.25) is 0 Å². The van der Waals surface area contributed by atoms with Crippen molar-refractivity contribution in [1.82, 2.24) is 15.0 Å². The molecule has 0 radical (unpaired) electrons. The van der Waals surface area contributed by atoms with Crippen molar-refractivity contribution in [2.45, 2.75) is 34.4 Å². The first-order valence-electron chi connectivity index (χ1n) is 16.5. The molecule has 3 nitrogen and oxygen atoms in total. The van der Waals surface area contributed by atoms with Crippen LogP contribution in [0, 0.1) is 0 Å². The minimum atomic E-state index is -0.540. The maximum absolute atomic E-state index is 13.4. The molecule has 0 aliphatic heterocycles. The first-order chi connectivity index (χ1) is 23.7. The van der Waals surface area contributed by atoms with Gasteiger partial charge in [-0.3, -0.25) is 15.0 Å². The summed E-state index contributed by atoms with van der Waals surface area (Å²) in [5.41, 5.74) is 13.5. The van der Waals surface area contributed by atoms with E-state index in [0.29, 0.717) is 5.56 Å². The average Bonchev–Trinajstić information content (AvgIpc) is 3.20. The van der Waals surface area contributed by atoms with Crippen molar-refractivity contribution in [2.75, 3.05) is 0 Å². The van der Waals surface area contributed by atoms with Gasteiger partial charge in [-0.25, -0.2) is 4.39 Å². The first kappa shape index (κ1) is 33.6. The predicted molar refractivity (Wildman–Crippen MR) is 200 cm³/mol. The number of hydrogen-bond acceptors (Lipinski definition) is 3. The third-order valence-corrected chi connectivity index (χ3v) is 7.79. The third-order valence-electron chi connectivity index (χ3n) is 7.79. The van der Waals surface area contributed by atoms with E-state index < -0.39 is 6.67 Å². The fraction of sp³-hybridized carbons (Fsp3) is 0.114. The molecule has 238 valence electrons. The predicted octanol–water partition coefficient (Wildman–Crippen LogP) is 12.4. The summed E-state index contributed by atoms with van der Waals surface area (Å²) in [6.45, 7) is 7.46. The number of pyridine rings is 3. The van der Waals surface area contributed by atoms with E-state index >= 15 is 0 Å². The van der Waals surface area contributed by atoms with Gasteiger partial charge >= 0.3 is 0 Å². The van der Waals surface area contributed by atoms with Crippen molar-refractivity contribution in [3.63, 3.8) is 0 Å². The molecule has 0 N–H and O–H groups in total. The molecular formula is C44H40FN3. The number of rotatable bonds is 7. The normalized spacial score (nSPS) is 10.3. The van der Waals surface area contributed by atoms with Gasteiger partial charge in [0.15, 0.2) is 0 Å². The quantitative estimate of drug-likeness (QED) is 0.176. The topological polar surface area (TPSA) is 38.7 Å². The average molecular weight is 630 g/mol. The van der Waals surface area contributed by atoms with Crippen molar-refractivity contribution >= 4 is 0 Å². The van der Waals surface area contributed by atoms with Crippen molar-refractivity contribution < 1.29 is 4.39 Å². The molecule has 7 rings (SSSR count). The Balaban J connectivity index is 0.00000109. The standard InChI is InChI=1S/C40H28FN3.2C2H6/c41-23-28-16-40(27-44-24-28)34-11-3-10-33(19-34)39-21-37(31-8-1-6-29(17-31)35-12-4-14-42-25-35)20-38(22-39)32-9-2-7-30(18-32)36-13-5-15-43-26-36;2*1-2/h1-22,24-27H,23H2;2*1-2H3. The van der Waals surface area contributed by atoms with Crippen LogP contribution in [-0.2, 0) is 6.67 Å². The van der Waals surface area contributed by atoms with Crippen LogP contribution >= 0.6 is 0 Å². The van der Waals surface area contributed by atoms with Gasteiger partial charge in [-0.1, -0.05) is 94.4 Å². The Kier molecular flexibility index (Phi) is 11.7. The second-order valence-electron chi connectivity index (χ2n) is 10.7. The van der Waals surface area contributed by atoms with E-state index in [4.69, 9.17) is 0 Å². The van der Waals surface area contributed by atoms with Crippen LogP contribution in [0.5, 0.6) is 0 Å². The zero-order chi connectivity index (χ0) is 33.7. The van der Waals surface area contributed by atoms with Crippen molar-refractivity contribution in [1.29, 1.82) is 0 Å². The van der Waals surface area contributed by atoms with Crippen molar-refractivity contribution in [3.8, 4) is 66.8 Å². The highest BCUT2D eigenvalue weighted by molar-refractivity contribution is 5.85. The molecule has 3 aromatic heterocycles. The van der Waals surface area contributed by atoms with Crippen LogP contribution in [0.15, 0.2) is 159 Å². The number of aromatic nitrogens is 3. The molecule has 48 heavy (non-hydrogen) atoms. The summed E-state index contributed by atoms with van der Waals surface area (Å²) in [4.78, 5) is 12.9. The summed E-state index contributed by atoms with van der Waals surface area (Å²) in [5.74, 6) is 0. The minimum absolute atomic E-state index is 0.540. The largest absolute Gasteiger partial charge is 0.264 e. The van der Waals surface area contributed by atoms with Gasteiger partial charge in [0.1, 0.15) is 6.67 Å². The maximum Gasteiger partial charge on any atom is 0.116 e. The molecule has 4 aromatic carbocycles. The smallest absolute Gasteiger partial charge is 0.116 e. The van der Waals surface area contributed by atoms with Crippen LogP contribution in [0.2, 0.25) is 0 Å². The van der Waals surface area contributed by atoms with Gasteiger partial charge in [-0.2, -0.15) is 0 Å². The fourth-order valence-corrected chi connectivity index (χ4v) is 5.55. The molecule has 0 bridgehead atoms. The van der Waals surface area contributed by atoms with Gasteiger partial charge in [-0.15, -0.1) is 0 Å². The van der Waals surface area contributed by atoms with Gasteiger partial charge in [0.05, 0.1) is 0 Å². The molecule has 0 saturated heterocycles. The molecule has 0 unspecified atom stereocenters. The Morgan fingerprint density at radius 2 is 0.688 bits per heavy atom. The second-order valence-corrected chi connectivity index (χ2v) is 10.7. The lowest BCUT2D eigenvalue weighted by atomic mass is 9.90. The van der Waals surface area contributed by atoms with Crippen molar-refractivity contribution in [2.24, 2.45) is 0 Å². The Hall–Kier alpha value is -5.74. The Labute approximate surface area is 283 Å². The number of alkyl halides is 1. The number of hydrogen-bond donors (Lipinski definition) is 0. The number of nitrogens with zero attached hydrogens (tertiary/aromatic N) is 3. The van der Waals surface area contributed by atoms with Crippen LogP contribution in [0.1, 0.15) is 33.3 Å². The van der Waals surface area contributed by atoms with E-state index in [9.17, 15) is 4.39 Å². The van der Waals surface area contributed by atoms with Crippen LogP contribution in [0.25, 0.3) is 66.8 Å². The highest BCUT2D eigenvalue weighted by Crippen LogP contribution is 2.36. The van der Waals surface area contributed by atoms with Crippen LogP contribution in [0.4, 0.5) is 4.39 Å². The highest BCUT2D eigenvalue weighted by Gasteiger charge is 2.11. The van der Waals surface area contributed by atoms with E-state index in [1.807, 2.05) is 70.4 Å². The molecule has 0 amide bonds. The first-order valence-corrected chi connectivity index (χ1v) is 16.5. The van der Waals surface area contributed by atoms with Gasteiger partial charge in [-0.05, 0) is 105 Å². The summed E-state index contributed by atoms with van der Waals surface area (Å²) in [6, 6.07) is 42.2. The minimum Gasteiger partial charge on any atom is -0.264 e. The molecule has 0 aliphatic rings. The van der Waals surface area contributed by atoms with E-state index in [-0.39, 0.29) is 0 Å². The summed E-state index contributed by atoms with van der Waals surface area (Å²) in [5, 5.41) is 0. The monoisotopic (exact) mass is 629 g/mol. The zero-order valence-corrected chi connectivity index (χ0v) is 27.9. The Morgan fingerprint density at radius 3 is 1.06 bits per heavy atom. The molecule has 0 fully saturated rings. The van der Waals surface area contributed by atoms with Crippen LogP contribution in [-0.4, -0.2) is 15.0 Å². The van der Waals surface area contributed by atoms with Crippen molar-refractivity contribution in [3.05, 3.63) is 164 Å². The van der Waals surface area contributed by atoms with Gasteiger partial charge in [0.25, 0.3) is 0 Å². The zero-order valence-electron chi connectivity index (χ0n) is 27.9. The maximum atomic E-state index is 13.4.